The van der Waals surface area contributed by atoms with Gasteiger partial charge in [-0.25, -0.2) is 0 Å². The average Bonchev–Trinajstić information content (AvgIpc) is 3.13. The summed E-state index contributed by atoms with van der Waals surface area (Å²) in [6.07, 6.45) is 3.27. The van der Waals surface area contributed by atoms with E-state index in [1.54, 1.807) is 14.2 Å². The van der Waals surface area contributed by atoms with E-state index in [9.17, 15) is 4.79 Å². The number of carbonyl (C=O) groups excluding carboxylic acids is 1. The second-order valence-corrected chi connectivity index (χ2v) is 6.57. The van der Waals surface area contributed by atoms with E-state index in [2.05, 4.69) is 19.1 Å². The third-order valence-corrected chi connectivity index (χ3v) is 5.24. The van der Waals surface area contributed by atoms with Crippen molar-refractivity contribution in [3.63, 3.8) is 0 Å². The molecule has 0 spiro atoms. The van der Waals surface area contributed by atoms with Crippen molar-refractivity contribution < 1.29 is 19.2 Å². The number of nitrogens with one attached hydrogen (secondary N) is 1. The molecule has 2 aliphatic rings. The molecule has 1 aromatic carbocycles. The Bertz CT molecular complexity index is 582. The molecule has 0 bridgehead atoms. The van der Waals surface area contributed by atoms with Gasteiger partial charge in [-0.05, 0) is 37.5 Å². The van der Waals surface area contributed by atoms with Gasteiger partial charge in [0.1, 0.15) is 6.54 Å². The lowest BCUT2D eigenvalue weighted by Crippen LogP contribution is -3.16. The van der Waals surface area contributed by atoms with Gasteiger partial charge >= 0.3 is 0 Å². The maximum atomic E-state index is 12.6. The Morgan fingerprint density at radius 3 is 2.35 bits per heavy atom. The number of ether oxygens (including phenoxy) is 2. The topological polar surface area (TPSA) is 43.2 Å². The average molecular weight is 319 g/mol. The van der Waals surface area contributed by atoms with E-state index in [-0.39, 0.29) is 6.04 Å². The molecule has 2 aliphatic heterocycles. The normalized spacial score (nSPS) is 21.7. The number of rotatable bonds is 4. The predicted molar refractivity (Wildman–Crippen MR) is 88.1 cm³/mol. The molecule has 2 atom stereocenters. The number of hydrogen-bond donors (Lipinski definition) is 1. The van der Waals surface area contributed by atoms with Gasteiger partial charge < -0.3 is 19.3 Å². The van der Waals surface area contributed by atoms with Crippen LogP contribution in [-0.2, 0) is 17.8 Å². The number of carbonyl (C=O) groups is 1. The summed E-state index contributed by atoms with van der Waals surface area (Å²) in [7, 11) is 3.33. The SMILES string of the molecule is COc1cc2c(cc1OC)C[NH+]([C@@H](C)C(=O)N1CCCC1)CC2. The summed E-state index contributed by atoms with van der Waals surface area (Å²) in [5, 5.41) is 0. The molecular formula is C18H27N2O3+. The van der Waals surface area contributed by atoms with Crippen molar-refractivity contribution in [2.45, 2.75) is 38.8 Å². The maximum Gasteiger partial charge on any atom is 0.280 e. The van der Waals surface area contributed by atoms with Gasteiger partial charge in [0.25, 0.3) is 5.91 Å². The summed E-state index contributed by atoms with van der Waals surface area (Å²) in [4.78, 5) is 16.0. The summed E-state index contributed by atoms with van der Waals surface area (Å²) >= 11 is 0. The van der Waals surface area contributed by atoms with Gasteiger partial charge in [-0.1, -0.05) is 0 Å². The van der Waals surface area contributed by atoms with Crippen molar-refractivity contribution in [2.75, 3.05) is 33.9 Å². The molecule has 0 saturated carbocycles. The van der Waals surface area contributed by atoms with E-state index in [4.69, 9.17) is 9.47 Å². The Balaban J connectivity index is 1.75. The second-order valence-electron chi connectivity index (χ2n) is 6.57. The molecule has 2 heterocycles. The van der Waals surface area contributed by atoms with Crippen molar-refractivity contribution in [1.29, 1.82) is 0 Å². The molecular weight excluding hydrogens is 292 g/mol. The van der Waals surface area contributed by atoms with E-state index < -0.39 is 0 Å². The molecule has 1 amide bonds. The second kappa shape index (κ2) is 6.79. The molecule has 0 aliphatic carbocycles. The molecule has 0 radical (unpaired) electrons. The highest BCUT2D eigenvalue weighted by molar-refractivity contribution is 5.80. The van der Waals surface area contributed by atoms with E-state index in [0.717, 1.165) is 56.9 Å². The van der Waals surface area contributed by atoms with Crippen LogP contribution < -0.4 is 14.4 Å². The number of nitrogens with zero attached hydrogens (tertiary/aromatic N) is 1. The van der Waals surface area contributed by atoms with Gasteiger partial charge in [-0.15, -0.1) is 0 Å². The maximum absolute atomic E-state index is 12.6. The van der Waals surface area contributed by atoms with Crippen molar-refractivity contribution in [3.8, 4) is 11.5 Å². The molecule has 1 N–H and O–H groups in total. The minimum atomic E-state index is 0.0225. The van der Waals surface area contributed by atoms with Crippen LogP contribution in [-0.4, -0.2) is 50.7 Å². The standard InChI is InChI=1S/C18H26N2O3/c1-13(18(21)19-7-4-5-8-19)20-9-6-14-10-16(22-2)17(23-3)11-15(14)12-20/h10-11,13H,4-9,12H2,1-3H3/p+1/t13-/m0/s1. The molecule has 1 saturated heterocycles. The predicted octanol–water partition coefficient (Wildman–Crippen LogP) is 0.656. The number of benzene rings is 1. The number of methoxy groups -OCH3 is 2. The highest BCUT2D eigenvalue weighted by Crippen LogP contribution is 2.31. The van der Waals surface area contributed by atoms with Gasteiger partial charge in [0, 0.05) is 25.1 Å². The van der Waals surface area contributed by atoms with Gasteiger partial charge in [0.2, 0.25) is 0 Å². The van der Waals surface area contributed by atoms with Crippen LogP contribution in [0.5, 0.6) is 11.5 Å². The zero-order valence-corrected chi connectivity index (χ0v) is 14.4. The Morgan fingerprint density at radius 1 is 1.13 bits per heavy atom. The number of fused-ring (bicyclic) bond motifs is 1. The monoisotopic (exact) mass is 319 g/mol. The molecule has 1 fully saturated rings. The molecule has 3 rings (SSSR count). The van der Waals surface area contributed by atoms with Crippen LogP contribution in [0, 0.1) is 0 Å². The van der Waals surface area contributed by atoms with Crippen LogP contribution in [0.2, 0.25) is 0 Å². The Kier molecular flexibility index (Phi) is 4.76. The smallest absolute Gasteiger partial charge is 0.280 e. The quantitative estimate of drug-likeness (QED) is 0.886. The number of likely N-dealkylation sites (tertiary alicyclic amines) is 1. The largest absolute Gasteiger partial charge is 0.493 e. The van der Waals surface area contributed by atoms with E-state index >= 15 is 0 Å². The van der Waals surface area contributed by atoms with Crippen molar-refractivity contribution in [1.82, 2.24) is 4.90 Å². The molecule has 5 nitrogen and oxygen atoms in total. The lowest BCUT2D eigenvalue weighted by molar-refractivity contribution is -0.930. The zero-order valence-electron chi connectivity index (χ0n) is 14.4. The summed E-state index contributed by atoms with van der Waals surface area (Å²) in [5.41, 5.74) is 2.58. The first-order valence-electron chi connectivity index (χ1n) is 8.51. The van der Waals surface area contributed by atoms with E-state index in [0.29, 0.717) is 5.91 Å². The highest BCUT2D eigenvalue weighted by Gasteiger charge is 2.33. The molecule has 23 heavy (non-hydrogen) atoms. The summed E-state index contributed by atoms with van der Waals surface area (Å²) < 4.78 is 10.8. The Labute approximate surface area is 138 Å². The van der Waals surface area contributed by atoms with Crippen molar-refractivity contribution >= 4 is 5.91 Å². The zero-order chi connectivity index (χ0) is 16.4. The molecule has 1 aromatic rings. The lowest BCUT2D eigenvalue weighted by Gasteiger charge is -2.32. The van der Waals surface area contributed by atoms with Gasteiger partial charge in [0.15, 0.2) is 17.5 Å². The summed E-state index contributed by atoms with van der Waals surface area (Å²) in [5.74, 6) is 1.86. The van der Waals surface area contributed by atoms with Crippen molar-refractivity contribution in [3.05, 3.63) is 23.3 Å². The third kappa shape index (κ3) is 3.15. The highest BCUT2D eigenvalue weighted by atomic mass is 16.5. The molecule has 5 heteroatoms. The first-order chi connectivity index (χ1) is 11.1. The molecule has 0 aromatic heterocycles. The summed E-state index contributed by atoms with van der Waals surface area (Å²) in [6, 6.07) is 4.17. The number of hydrogen-bond acceptors (Lipinski definition) is 3. The minimum absolute atomic E-state index is 0.0225. The lowest BCUT2D eigenvalue weighted by atomic mass is 9.97. The van der Waals surface area contributed by atoms with Crippen molar-refractivity contribution in [2.24, 2.45) is 0 Å². The molecule has 1 unspecified atom stereocenters. The van der Waals surface area contributed by atoms with Gasteiger partial charge in [-0.2, -0.15) is 0 Å². The van der Waals surface area contributed by atoms with Crippen LogP contribution >= 0.6 is 0 Å². The van der Waals surface area contributed by atoms with Crippen LogP contribution in [0.4, 0.5) is 0 Å². The fourth-order valence-corrected chi connectivity index (χ4v) is 3.74. The first-order valence-corrected chi connectivity index (χ1v) is 8.51. The Morgan fingerprint density at radius 2 is 1.74 bits per heavy atom. The van der Waals surface area contributed by atoms with Crippen LogP contribution in [0.25, 0.3) is 0 Å². The van der Waals surface area contributed by atoms with E-state index in [1.165, 1.54) is 16.0 Å². The Hall–Kier alpha value is -1.75. The fourth-order valence-electron chi connectivity index (χ4n) is 3.74. The molecule has 126 valence electrons. The summed E-state index contributed by atoms with van der Waals surface area (Å²) in [6.45, 7) is 5.79. The first kappa shape index (κ1) is 16.1. The fraction of sp³-hybridized carbons (Fsp3) is 0.611. The van der Waals surface area contributed by atoms with Crippen LogP contribution in [0.1, 0.15) is 30.9 Å². The number of quaternary nitrogens is 1. The van der Waals surface area contributed by atoms with Crippen LogP contribution in [0.3, 0.4) is 0 Å². The minimum Gasteiger partial charge on any atom is -0.493 e. The van der Waals surface area contributed by atoms with E-state index in [1.807, 2.05) is 4.90 Å². The van der Waals surface area contributed by atoms with Gasteiger partial charge in [0.05, 0.1) is 20.8 Å². The third-order valence-electron chi connectivity index (χ3n) is 5.24. The van der Waals surface area contributed by atoms with Gasteiger partial charge in [-0.3, -0.25) is 4.79 Å². The number of amides is 1. The van der Waals surface area contributed by atoms with Crippen LogP contribution in [0.15, 0.2) is 12.1 Å².